The molecule has 3 nitrogen and oxygen atoms in total. The van der Waals surface area contributed by atoms with Crippen molar-refractivity contribution in [3.05, 3.63) is 35.9 Å². The molecule has 0 aliphatic carbocycles. The lowest BCUT2D eigenvalue weighted by atomic mass is 9.84. The number of halogens is 1. The third-order valence-electron chi connectivity index (χ3n) is 3.97. The van der Waals surface area contributed by atoms with E-state index in [1.165, 1.54) is 5.56 Å². The highest BCUT2D eigenvalue weighted by atomic mass is 35.5. The molecular formula is C16H25ClN2O. The van der Waals surface area contributed by atoms with Crippen molar-refractivity contribution >= 4 is 18.3 Å². The van der Waals surface area contributed by atoms with E-state index in [1.54, 1.807) is 0 Å². The van der Waals surface area contributed by atoms with E-state index in [0.29, 0.717) is 6.04 Å². The van der Waals surface area contributed by atoms with Crippen molar-refractivity contribution in [2.45, 2.75) is 32.7 Å². The molecule has 1 atom stereocenters. The molecule has 1 N–H and O–H groups in total. The summed E-state index contributed by atoms with van der Waals surface area (Å²) < 4.78 is 0. The number of nitrogens with zero attached hydrogens (tertiary/aromatic N) is 1. The summed E-state index contributed by atoms with van der Waals surface area (Å²) in [5.74, 6) is 0.241. The lowest BCUT2D eigenvalue weighted by Gasteiger charge is -2.33. The molecule has 1 aliphatic heterocycles. The molecule has 1 amide bonds. The molecule has 0 saturated carbocycles. The summed E-state index contributed by atoms with van der Waals surface area (Å²) in [6.45, 7) is 6.02. The van der Waals surface area contributed by atoms with Crippen molar-refractivity contribution in [2.75, 3.05) is 20.1 Å². The number of rotatable bonds is 4. The van der Waals surface area contributed by atoms with Crippen LogP contribution in [0.4, 0.5) is 0 Å². The zero-order valence-corrected chi connectivity index (χ0v) is 13.4. The average molecular weight is 297 g/mol. The first-order valence-corrected chi connectivity index (χ1v) is 7.02. The Morgan fingerprint density at radius 3 is 2.55 bits per heavy atom. The second-order valence-corrected chi connectivity index (χ2v) is 6.11. The van der Waals surface area contributed by atoms with Gasteiger partial charge in [0.05, 0.1) is 0 Å². The second-order valence-electron chi connectivity index (χ2n) is 6.11. The lowest BCUT2D eigenvalue weighted by molar-refractivity contribution is -0.140. The fraction of sp³-hybridized carbons (Fsp3) is 0.562. The molecule has 0 bridgehead atoms. The summed E-state index contributed by atoms with van der Waals surface area (Å²) in [4.78, 5) is 14.6. The highest BCUT2D eigenvalue weighted by Crippen LogP contribution is 2.25. The van der Waals surface area contributed by atoms with Gasteiger partial charge in [0.25, 0.3) is 0 Å². The van der Waals surface area contributed by atoms with Crippen LogP contribution in [0.2, 0.25) is 0 Å². The maximum atomic E-state index is 12.7. The first-order valence-electron chi connectivity index (χ1n) is 7.02. The van der Waals surface area contributed by atoms with E-state index in [0.717, 1.165) is 25.9 Å². The molecule has 20 heavy (non-hydrogen) atoms. The molecule has 2 rings (SSSR count). The zero-order valence-electron chi connectivity index (χ0n) is 12.6. The summed E-state index contributed by atoms with van der Waals surface area (Å²) in [5, 5.41) is 3.32. The molecule has 1 heterocycles. The minimum atomic E-state index is -0.349. The Hall–Kier alpha value is -1.06. The number of hydrogen-bond donors (Lipinski definition) is 1. The summed E-state index contributed by atoms with van der Waals surface area (Å²) in [6, 6.07) is 10.6. The SMILES string of the molecule is CN(C(=O)C(C)(C)Cc1ccccc1)C1CCNC1.Cl. The monoisotopic (exact) mass is 296 g/mol. The Bertz CT molecular complexity index is 427. The van der Waals surface area contributed by atoms with Crippen LogP contribution in [0.1, 0.15) is 25.8 Å². The summed E-state index contributed by atoms with van der Waals surface area (Å²) in [6.07, 6.45) is 1.85. The van der Waals surface area contributed by atoms with Gasteiger partial charge in [-0.05, 0) is 24.9 Å². The van der Waals surface area contributed by atoms with Crippen molar-refractivity contribution < 1.29 is 4.79 Å². The number of carbonyl (C=O) groups is 1. The first kappa shape index (κ1) is 17.0. The van der Waals surface area contributed by atoms with Crippen molar-refractivity contribution in [3.63, 3.8) is 0 Å². The van der Waals surface area contributed by atoms with Gasteiger partial charge in [0.15, 0.2) is 0 Å². The van der Waals surface area contributed by atoms with Crippen LogP contribution in [-0.2, 0) is 11.2 Å². The number of amides is 1. The van der Waals surface area contributed by atoms with Gasteiger partial charge in [-0.25, -0.2) is 0 Å². The second kappa shape index (κ2) is 7.09. The molecule has 4 heteroatoms. The van der Waals surface area contributed by atoms with Gasteiger partial charge in [0.1, 0.15) is 0 Å². The smallest absolute Gasteiger partial charge is 0.228 e. The molecule has 1 aromatic rings. The van der Waals surface area contributed by atoms with Crippen LogP contribution < -0.4 is 5.32 Å². The molecule has 112 valence electrons. The number of hydrogen-bond acceptors (Lipinski definition) is 2. The van der Waals surface area contributed by atoms with Crippen LogP contribution in [0.5, 0.6) is 0 Å². The van der Waals surface area contributed by atoms with Gasteiger partial charge in [0.2, 0.25) is 5.91 Å². The number of nitrogens with one attached hydrogen (secondary N) is 1. The maximum absolute atomic E-state index is 12.7. The van der Waals surface area contributed by atoms with Gasteiger partial charge in [-0.2, -0.15) is 0 Å². The Morgan fingerprint density at radius 1 is 1.35 bits per heavy atom. The maximum Gasteiger partial charge on any atom is 0.228 e. The minimum absolute atomic E-state index is 0. The van der Waals surface area contributed by atoms with Gasteiger partial charge >= 0.3 is 0 Å². The van der Waals surface area contributed by atoms with Crippen molar-refractivity contribution in [2.24, 2.45) is 5.41 Å². The van der Waals surface area contributed by atoms with E-state index in [9.17, 15) is 4.79 Å². The standard InChI is InChI=1S/C16H24N2O.ClH/c1-16(2,11-13-7-5-4-6-8-13)15(19)18(3)14-9-10-17-12-14;/h4-8,14,17H,9-12H2,1-3H3;1H. The average Bonchev–Trinajstić information content (AvgIpc) is 2.91. The number of likely N-dealkylation sites (N-methyl/N-ethyl adjacent to an activating group) is 1. The third kappa shape index (κ3) is 3.97. The summed E-state index contributed by atoms with van der Waals surface area (Å²) in [5.41, 5.74) is 0.873. The molecule has 1 fully saturated rings. The summed E-state index contributed by atoms with van der Waals surface area (Å²) in [7, 11) is 1.94. The van der Waals surface area contributed by atoms with Gasteiger partial charge in [-0.3, -0.25) is 4.79 Å². The Labute approximate surface area is 128 Å². The van der Waals surface area contributed by atoms with Crippen LogP contribution in [0, 0.1) is 5.41 Å². The quantitative estimate of drug-likeness (QED) is 0.926. The van der Waals surface area contributed by atoms with Gasteiger partial charge < -0.3 is 10.2 Å². The van der Waals surface area contributed by atoms with Crippen molar-refractivity contribution in [1.29, 1.82) is 0 Å². The molecule has 1 aromatic carbocycles. The molecule has 1 aliphatic rings. The summed E-state index contributed by atoms with van der Waals surface area (Å²) >= 11 is 0. The van der Waals surface area contributed by atoms with Gasteiger partial charge in [0, 0.05) is 25.0 Å². The Morgan fingerprint density at radius 2 is 2.00 bits per heavy atom. The largest absolute Gasteiger partial charge is 0.341 e. The molecular weight excluding hydrogens is 272 g/mol. The predicted octanol–water partition coefficient (Wildman–Crippen LogP) is 2.50. The normalized spacial score (nSPS) is 18.4. The molecule has 0 radical (unpaired) electrons. The molecule has 1 unspecified atom stereocenters. The van der Waals surface area contributed by atoms with Crippen LogP contribution in [0.3, 0.4) is 0 Å². The Kier molecular flexibility index (Phi) is 6.03. The number of benzene rings is 1. The van der Waals surface area contributed by atoms with Gasteiger partial charge in [-0.1, -0.05) is 44.2 Å². The van der Waals surface area contributed by atoms with Crippen LogP contribution in [-0.4, -0.2) is 37.0 Å². The van der Waals surface area contributed by atoms with E-state index < -0.39 is 0 Å². The van der Waals surface area contributed by atoms with E-state index in [2.05, 4.69) is 17.4 Å². The topological polar surface area (TPSA) is 32.3 Å². The third-order valence-corrected chi connectivity index (χ3v) is 3.97. The van der Waals surface area contributed by atoms with E-state index in [4.69, 9.17) is 0 Å². The zero-order chi connectivity index (χ0) is 13.9. The van der Waals surface area contributed by atoms with E-state index in [-0.39, 0.29) is 23.7 Å². The first-order chi connectivity index (χ1) is 9.00. The fourth-order valence-electron chi connectivity index (χ4n) is 2.80. The lowest BCUT2D eigenvalue weighted by Crippen LogP contribution is -2.46. The Balaban J connectivity index is 0.00000200. The molecule has 1 saturated heterocycles. The highest BCUT2D eigenvalue weighted by Gasteiger charge is 2.34. The van der Waals surface area contributed by atoms with Crippen LogP contribution in [0.15, 0.2) is 30.3 Å². The van der Waals surface area contributed by atoms with Crippen LogP contribution in [0.25, 0.3) is 0 Å². The highest BCUT2D eigenvalue weighted by molar-refractivity contribution is 5.85. The minimum Gasteiger partial charge on any atom is -0.341 e. The molecule has 0 spiro atoms. The van der Waals surface area contributed by atoms with Crippen LogP contribution >= 0.6 is 12.4 Å². The molecule has 0 aromatic heterocycles. The fourth-order valence-corrected chi connectivity index (χ4v) is 2.80. The van der Waals surface area contributed by atoms with Crippen molar-refractivity contribution in [3.8, 4) is 0 Å². The van der Waals surface area contributed by atoms with E-state index >= 15 is 0 Å². The van der Waals surface area contributed by atoms with E-state index in [1.807, 2.05) is 44.0 Å². The van der Waals surface area contributed by atoms with Gasteiger partial charge in [-0.15, -0.1) is 12.4 Å². The number of carbonyl (C=O) groups excluding carboxylic acids is 1. The predicted molar refractivity (Wildman–Crippen MR) is 85.2 cm³/mol. The van der Waals surface area contributed by atoms with Crippen molar-refractivity contribution in [1.82, 2.24) is 10.2 Å².